The Bertz CT molecular complexity index is 413. The summed E-state index contributed by atoms with van der Waals surface area (Å²) in [5.74, 6) is 0.00338. The second kappa shape index (κ2) is 7.87. The van der Waals surface area contributed by atoms with E-state index in [0.717, 1.165) is 44.6 Å². The van der Waals surface area contributed by atoms with Crippen molar-refractivity contribution in [3.63, 3.8) is 0 Å². The number of aliphatic hydroxyl groups excluding tert-OH is 1. The standard InChI is InChI=1S/C17H26FNO2/c1-13(2)21-12-11-19-9-7-15(8-10-19)17(20)14-3-5-16(18)6-4-14/h3-6,13,15,17,20H,7-12H2,1-2H3. The van der Waals surface area contributed by atoms with Gasteiger partial charge in [0.05, 0.1) is 18.8 Å². The number of benzene rings is 1. The van der Waals surface area contributed by atoms with E-state index in [1.807, 2.05) is 13.8 Å². The number of aliphatic hydroxyl groups is 1. The second-order valence-corrected chi connectivity index (χ2v) is 6.10. The SMILES string of the molecule is CC(C)OCCN1CCC(C(O)c2ccc(F)cc2)CC1. The van der Waals surface area contributed by atoms with E-state index in [-0.39, 0.29) is 17.8 Å². The van der Waals surface area contributed by atoms with Crippen molar-refractivity contribution in [3.05, 3.63) is 35.6 Å². The summed E-state index contributed by atoms with van der Waals surface area (Å²) in [6.07, 6.45) is 1.74. The van der Waals surface area contributed by atoms with Gasteiger partial charge in [0.1, 0.15) is 5.82 Å². The first kappa shape index (κ1) is 16.4. The molecule has 4 heteroatoms. The summed E-state index contributed by atoms with van der Waals surface area (Å²) in [6.45, 7) is 7.80. The van der Waals surface area contributed by atoms with Crippen LogP contribution in [0.1, 0.15) is 38.4 Å². The Labute approximate surface area is 126 Å². The Hall–Kier alpha value is -0.970. The Kier molecular flexibility index (Phi) is 6.15. The van der Waals surface area contributed by atoms with Gasteiger partial charge in [0.2, 0.25) is 0 Å². The molecule has 21 heavy (non-hydrogen) atoms. The largest absolute Gasteiger partial charge is 0.388 e. The van der Waals surface area contributed by atoms with Crippen LogP contribution in [0.3, 0.4) is 0 Å². The van der Waals surface area contributed by atoms with Crippen molar-refractivity contribution in [3.8, 4) is 0 Å². The van der Waals surface area contributed by atoms with Gasteiger partial charge in [-0.05, 0) is 63.4 Å². The fourth-order valence-electron chi connectivity index (χ4n) is 2.84. The fraction of sp³-hybridized carbons (Fsp3) is 0.647. The molecule has 1 fully saturated rings. The molecule has 2 rings (SSSR count). The third-order valence-electron chi connectivity index (χ3n) is 4.15. The zero-order chi connectivity index (χ0) is 15.2. The van der Waals surface area contributed by atoms with Crippen LogP contribution in [-0.4, -0.2) is 42.4 Å². The maximum Gasteiger partial charge on any atom is 0.123 e. The van der Waals surface area contributed by atoms with Gasteiger partial charge in [-0.2, -0.15) is 0 Å². The van der Waals surface area contributed by atoms with Crippen molar-refractivity contribution in [1.82, 2.24) is 4.90 Å². The van der Waals surface area contributed by atoms with Gasteiger partial charge in [-0.1, -0.05) is 12.1 Å². The molecule has 1 aliphatic rings. The monoisotopic (exact) mass is 295 g/mol. The maximum absolute atomic E-state index is 12.9. The molecule has 0 saturated carbocycles. The highest BCUT2D eigenvalue weighted by Crippen LogP contribution is 2.30. The summed E-state index contributed by atoms with van der Waals surface area (Å²) in [6, 6.07) is 6.19. The Balaban J connectivity index is 1.76. The maximum atomic E-state index is 12.9. The van der Waals surface area contributed by atoms with Crippen LogP contribution in [0.5, 0.6) is 0 Å². The third kappa shape index (κ3) is 5.06. The number of ether oxygens (including phenoxy) is 1. The summed E-state index contributed by atoms with van der Waals surface area (Å²) in [4.78, 5) is 2.39. The molecule has 1 aromatic rings. The van der Waals surface area contributed by atoms with Gasteiger partial charge in [0, 0.05) is 6.54 Å². The number of likely N-dealkylation sites (tertiary alicyclic amines) is 1. The predicted octanol–water partition coefficient (Wildman–Crippen LogP) is 3.00. The minimum absolute atomic E-state index is 0.258. The van der Waals surface area contributed by atoms with Gasteiger partial charge in [-0.3, -0.25) is 0 Å². The summed E-state index contributed by atoms with van der Waals surface area (Å²) in [7, 11) is 0. The van der Waals surface area contributed by atoms with Gasteiger partial charge in [0.25, 0.3) is 0 Å². The zero-order valence-corrected chi connectivity index (χ0v) is 13.0. The first-order valence-electron chi connectivity index (χ1n) is 7.83. The van der Waals surface area contributed by atoms with E-state index in [1.165, 1.54) is 12.1 Å². The lowest BCUT2D eigenvalue weighted by Crippen LogP contribution is -2.37. The van der Waals surface area contributed by atoms with E-state index in [1.54, 1.807) is 12.1 Å². The highest BCUT2D eigenvalue weighted by atomic mass is 19.1. The zero-order valence-electron chi connectivity index (χ0n) is 13.0. The van der Waals surface area contributed by atoms with Crippen LogP contribution in [0, 0.1) is 11.7 Å². The predicted molar refractivity (Wildman–Crippen MR) is 81.6 cm³/mol. The van der Waals surface area contributed by atoms with Crippen LogP contribution in [0.4, 0.5) is 4.39 Å². The first-order valence-corrected chi connectivity index (χ1v) is 7.83. The van der Waals surface area contributed by atoms with E-state index in [2.05, 4.69) is 4.90 Å². The molecular formula is C17H26FNO2. The lowest BCUT2D eigenvalue weighted by Gasteiger charge is -2.34. The Morgan fingerprint density at radius 2 is 1.86 bits per heavy atom. The second-order valence-electron chi connectivity index (χ2n) is 6.10. The van der Waals surface area contributed by atoms with Crippen molar-refractivity contribution in [2.45, 2.75) is 38.9 Å². The van der Waals surface area contributed by atoms with E-state index < -0.39 is 6.10 Å². The van der Waals surface area contributed by atoms with E-state index in [0.29, 0.717) is 0 Å². The molecule has 1 aromatic carbocycles. The smallest absolute Gasteiger partial charge is 0.123 e. The van der Waals surface area contributed by atoms with Crippen LogP contribution < -0.4 is 0 Å². The molecule has 1 atom stereocenters. The molecule has 0 bridgehead atoms. The number of rotatable bonds is 6. The summed E-state index contributed by atoms with van der Waals surface area (Å²) >= 11 is 0. The molecule has 1 unspecified atom stereocenters. The average molecular weight is 295 g/mol. The lowest BCUT2D eigenvalue weighted by molar-refractivity contribution is 0.0302. The van der Waals surface area contributed by atoms with Crippen LogP contribution in [0.25, 0.3) is 0 Å². The van der Waals surface area contributed by atoms with Crippen LogP contribution >= 0.6 is 0 Å². The normalized spacial score (nSPS) is 19.1. The van der Waals surface area contributed by atoms with Gasteiger partial charge >= 0.3 is 0 Å². The van der Waals surface area contributed by atoms with E-state index >= 15 is 0 Å². The molecule has 0 amide bonds. The number of halogens is 1. The summed E-state index contributed by atoms with van der Waals surface area (Å²) < 4.78 is 18.5. The molecule has 0 radical (unpaired) electrons. The summed E-state index contributed by atoms with van der Waals surface area (Å²) in [5.41, 5.74) is 0.818. The average Bonchev–Trinajstić information content (AvgIpc) is 2.48. The highest BCUT2D eigenvalue weighted by molar-refractivity contribution is 5.19. The number of hydrogen-bond donors (Lipinski definition) is 1. The molecule has 1 heterocycles. The van der Waals surface area contributed by atoms with Crippen molar-refractivity contribution in [2.24, 2.45) is 5.92 Å². The molecule has 0 aliphatic carbocycles. The van der Waals surface area contributed by atoms with Crippen LogP contribution in [0.15, 0.2) is 24.3 Å². The molecule has 1 aliphatic heterocycles. The van der Waals surface area contributed by atoms with Crippen molar-refractivity contribution < 1.29 is 14.2 Å². The minimum atomic E-state index is -0.486. The Morgan fingerprint density at radius 3 is 2.43 bits per heavy atom. The van der Waals surface area contributed by atoms with Crippen LogP contribution in [0.2, 0.25) is 0 Å². The van der Waals surface area contributed by atoms with Gasteiger partial charge < -0.3 is 14.7 Å². The van der Waals surface area contributed by atoms with E-state index in [9.17, 15) is 9.50 Å². The quantitative estimate of drug-likeness (QED) is 0.875. The molecule has 118 valence electrons. The minimum Gasteiger partial charge on any atom is -0.388 e. The summed E-state index contributed by atoms with van der Waals surface area (Å²) in [5, 5.41) is 10.4. The van der Waals surface area contributed by atoms with Gasteiger partial charge in [0.15, 0.2) is 0 Å². The van der Waals surface area contributed by atoms with Crippen molar-refractivity contribution in [1.29, 1.82) is 0 Å². The molecule has 0 spiro atoms. The molecule has 3 nitrogen and oxygen atoms in total. The third-order valence-corrected chi connectivity index (χ3v) is 4.15. The van der Waals surface area contributed by atoms with Crippen molar-refractivity contribution >= 4 is 0 Å². The van der Waals surface area contributed by atoms with Gasteiger partial charge in [-0.15, -0.1) is 0 Å². The van der Waals surface area contributed by atoms with Gasteiger partial charge in [-0.25, -0.2) is 4.39 Å². The molecule has 0 aromatic heterocycles. The first-order chi connectivity index (χ1) is 10.1. The lowest BCUT2D eigenvalue weighted by atomic mass is 9.87. The number of hydrogen-bond acceptors (Lipinski definition) is 3. The number of nitrogens with zero attached hydrogens (tertiary/aromatic N) is 1. The topological polar surface area (TPSA) is 32.7 Å². The molecular weight excluding hydrogens is 269 g/mol. The van der Waals surface area contributed by atoms with E-state index in [4.69, 9.17) is 4.74 Å². The molecule has 1 N–H and O–H groups in total. The van der Waals surface area contributed by atoms with Crippen LogP contribution in [-0.2, 0) is 4.74 Å². The number of piperidine rings is 1. The highest BCUT2D eigenvalue weighted by Gasteiger charge is 2.26. The molecule has 1 saturated heterocycles. The fourth-order valence-corrected chi connectivity index (χ4v) is 2.84. The Morgan fingerprint density at radius 1 is 1.24 bits per heavy atom. The van der Waals surface area contributed by atoms with Crippen molar-refractivity contribution in [2.75, 3.05) is 26.2 Å².